The maximum absolute atomic E-state index is 13.6. The monoisotopic (exact) mass is 348 g/mol. The fourth-order valence-electron chi connectivity index (χ4n) is 1.89. The molecule has 0 saturated carbocycles. The molecule has 1 N–H and O–H groups in total. The van der Waals surface area contributed by atoms with Crippen LogP contribution in [0, 0.1) is 18.2 Å². The number of benzene rings is 2. The molecule has 0 spiro atoms. The molecular formula is C16H9FO6S. The van der Waals surface area contributed by atoms with Gasteiger partial charge in [-0.1, -0.05) is 24.1 Å². The Morgan fingerprint density at radius 3 is 2.25 bits per heavy atom. The summed E-state index contributed by atoms with van der Waals surface area (Å²) in [5, 5.41) is 0. The molecule has 0 saturated heterocycles. The van der Waals surface area contributed by atoms with E-state index in [0.717, 1.165) is 12.1 Å². The molecule has 0 aliphatic rings. The van der Waals surface area contributed by atoms with Gasteiger partial charge in [-0.15, -0.1) is 6.42 Å². The fraction of sp³-hybridized carbons (Fsp3) is 0. The van der Waals surface area contributed by atoms with Crippen molar-refractivity contribution in [1.29, 1.82) is 0 Å². The smallest absolute Gasteiger partial charge is 0.347 e. The molecule has 0 unspecified atom stereocenters. The Labute approximate surface area is 136 Å². The summed E-state index contributed by atoms with van der Waals surface area (Å²) in [6.45, 7) is 0. The standard InChI is InChI=1S/C16H9FO6S/c1-2-11-13(17)9-8-12(14(11)24(20,21)22)16(19)23-15(18)10-6-4-3-5-7-10/h1,3-9H,(H,20,21,22). The van der Waals surface area contributed by atoms with Crippen molar-refractivity contribution in [3.05, 3.63) is 65.0 Å². The van der Waals surface area contributed by atoms with Crippen LogP contribution in [0.2, 0.25) is 0 Å². The lowest BCUT2D eigenvalue weighted by Crippen LogP contribution is -2.17. The van der Waals surface area contributed by atoms with Crippen molar-refractivity contribution in [2.45, 2.75) is 4.90 Å². The van der Waals surface area contributed by atoms with Crippen LogP contribution in [-0.2, 0) is 14.9 Å². The van der Waals surface area contributed by atoms with E-state index in [0.29, 0.717) is 0 Å². The van der Waals surface area contributed by atoms with Gasteiger partial charge in [0.15, 0.2) is 0 Å². The van der Waals surface area contributed by atoms with E-state index in [2.05, 4.69) is 4.74 Å². The van der Waals surface area contributed by atoms with Crippen LogP contribution in [0.4, 0.5) is 4.39 Å². The van der Waals surface area contributed by atoms with Gasteiger partial charge >= 0.3 is 11.9 Å². The van der Waals surface area contributed by atoms with E-state index < -0.39 is 43.9 Å². The van der Waals surface area contributed by atoms with Crippen molar-refractivity contribution >= 4 is 22.1 Å². The lowest BCUT2D eigenvalue weighted by molar-refractivity contribution is 0.0394. The van der Waals surface area contributed by atoms with Gasteiger partial charge in [0, 0.05) is 0 Å². The number of halogens is 1. The molecule has 8 heteroatoms. The average molecular weight is 348 g/mol. The number of carbonyl (C=O) groups excluding carboxylic acids is 2. The summed E-state index contributed by atoms with van der Waals surface area (Å²) in [4.78, 5) is 22.8. The van der Waals surface area contributed by atoms with Crippen LogP contribution in [0.15, 0.2) is 47.4 Å². The highest BCUT2D eigenvalue weighted by atomic mass is 32.2. The van der Waals surface area contributed by atoms with Gasteiger partial charge < -0.3 is 4.74 Å². The molecule has 2 aromatic rings. The topological polar surface area (TPSA) is 97.7 Å². The number of rotatable bonds is 3. The SMILES string of the molecule is C#Cc1c(F)ccc(C(=O)OC(=O)c2ccccc2)c1S(=O)(=O)O. The third-order valence-corrected chi connectivity index (χ3v) is 3.86. The molecule has 0 aliphatic carbocycles. The van der Waals surface area contributed by atoms with Crippen LogP contribution in [0.5, 0.6) is 0 Å². The van der Waals surface area contributed by atoms with Gasteiger partial charge in [0.25, 0.3) is 10.1 Å². The molecule has 0 bridgehead atoms. The van der Waals surface area contributed by atoms with Crippen molar-refractivity contribution in [3.8, 4) is 12.3 Å². The van der Waals surface area contributed by atoms with Gasteiger partial charge in [-0.05, 0) is 24.3 Å². The van der Waals surface area contributed by atoms with Gasteiger partial charge in [-0.2, -0.15) is 8.42 Å². The molecule has 0 heterocycles. The van der Waals surface area contributed by atoms with Crippen LogP contribution < -0.4 is 0 Å². The third-order valence-electron chi connectivity index (χ3n) is 2.92. The zero-order valence-electron chi connectivity index (χ0n) is 11.9. The number of ether oxygens (including phenoxy) is 1. The van der Waals surface area contributed by atoms with E-state index in [1.807, 2.05) is 0 Å². The summed E-state index contributed by atoms with van der Waals surface area (Å²) in [6, 6.07) is 8.91. The lowest BCUT2D eigenvalue weighted by atomic mass is 10.1. The normalized spacial score (nSPS) is 10.7. The second-order valence-corrected chi connectivity index (χ2v) is 5.82. The predicted molar refractivity (Wildman–Crippen MR) is 80.3 cm³/mol. The molecule has 0 atom stereocenters. The van der Waals surface area contributed by atoms with Crippen LogP contribution in [0.3, 0.4) is 0 Å². The molecule has 0 aliphatic heterocycles. The highest BCUT2D eigenvalue weighted by Crippen LogP contribution is 2.24. The number of esters is 2. The number of hydrogen-bond donors (Lipinski definition) is 1. The van der Waals surface area contributed by atoms with Gasteiger partial charge in [0.2, 0.25) is 0 Å². The minimum atomic E-state index is -5.04. The lowest BCUT2D eigenvalue weighted by Gasteiger charge is -2.09. The van der Waals surface area contributed by atoms with Crippen LogP contribution in [0.1, 0.15) is 26.3 Å². The number of terminal acetylenes is 1. The zero-order chi connectivity index (χ0) is 17.9. The maximum atomic E-state index is 13.6. The number of carbonyl (C=O) groups is 2. The van der Waals surface area contributed by atoms with E-state index in [-0.39, 0.29) is 5.56 Å². The second-order valence-electron chi connectivity index (χ2n) is 4.46. The first kappa shape index (κ1) is 17.3. The van der Waals surface area contributed by atoms with Gasteiger partial charge in [-0.3, -0.25) is 4.55 Å². The Morgan fingerprint density at radius 2 is 1.71 bits per heavy atom. The van der Waals surface area contributed by atoms with Crippen LogP contribution >= 0.6 is 0 Å². The first-order valence-corrected chi connectivity index (χ1v) is 7.78. The summed E-state index contributed by atoms with van der Waals surface area (Å²) in [5.74, 6) is -1.83. The summed E-state index contributed by atoms with van der Waals surface area (Å²) < 4.78 is 50.3. The zero-order valence-corrected chi connectivity index (χ0v) is 12.7. The van der Waals surface area contributed by atoms with E-state index >= 15 is 0 Å². The average Bonchev–Trinajstić information content (AvgIpc) is 2.54. The second kappa shape index (κ2) is 6.62. The Balaban J connectivity index is 2.48. The molecular weight excluding hydrogens is 339 g/mol. The van der Waals surface area contributed by atoms with Crippen LogP contribution in [0.25, 0.3) is 0 Å². The first-order valence-electron chi connectivity index (χ1n) is 6.34. The van der Waals surface area contributed by atoms with Crippen molar-refractivity contribution in [2.24, 2.45) is 0 Å². The van der Waals surface area contributed by atoms with Crippen molar-refractivity contribution in [1.82, 2.24) is 0 Å². The van der Waals surface area contributed by atoms with Gasteiger partial charge in [0.1, 0.15) is 10.7 Å². The molecule has 0 fully saturated rings. The van der Waals surface area contributed by atoms with E-state index in [1.54, 1.807) is 12.0 Å². The highest BCUT2D eigenvalue weighted by Gasteiger charge is 2.28. The molecule has 0 amide bonds. The molecule has 0 aromatic heterocycles. The molecule has 24 heavy (non-hydrogen) atoms. The largest absolute Gasteiger partial charge is 0.386 e. The molecule has 0 radical (unpaired) electrons. The summed E-state index contributed by atoms with van der Waals surface area (Å²) in [5.41, 5.74) is -1.55. The minimum absolute atomic E-state index is 0.0403. The highest BCUT2D eigenvalue weighted by molar-refractivity contribution is 7.86. The Morgan fingerprint density at radius 1 is 1.08 bits per heavy atom. The van der Waals surface area contributed by atoms with E-state index in [9.17, 15) is 27.0 Å². The Kier molecular flexibility index (Phi) is 4.78. The Hall–Kier alpha value is -3.02. The minimum Gasteiger partial charge on any atom is -0.386 e. The molecule has 122 valence electrons. The fourth-order valence-corrected chi connectivity index (χ4v) is 2.74. The molecule has 2 aromatic carbocycles. The Bertz CT molecular complexity index is 958. The molecule has 6 nitrogen and oxygen atoms in total. The predicted octanol–water partition coefficient (Wildman–Crippen LogP) is 2.05. The molecule has 2 rings (SSSR count). The maximum Gasteiger partial charge on any atom is 0.347 e. The summed E-state index contributed by atoms with van der Waals surface area (Å²) >= 11 is 0. The van der Waals surface area contributed by atoms with E-state index in [1.165, 1.54) is 24.3 Å². The quantitative estimate of drug-likeness (QED) is 0.395. The van der Waals surface area contributed by atoms with Crippen molar-refractivity contribution in [3.63, 3.8) is 0 Å². The van der Waals surface area contributed by atoms with Gasteiger partial charge in [-0.25, -0.2) is 14.0 Å². The van der Waals surface area contributed by atoms with Gasteiger partial charge in [0.05, 0.1) is 16.7 Å². The van der Waals surface area contributed by atoms with Crippen molar-refractivity contribution < 1.29 is 31.7 Å². The number of hydrogen-bond acceptors (Lipinski definition) is 5. The third kappa shape index (κ3) is 3.48. The van der Waals surface area contributed by atoms with E-state index in [4.69, 9.17) is 6.42 Å². The van der Waals surface area contributed by atoms with Crippen molar-refractivity contribution in [2.75, 3.05) is 0 Å². The first-order chi connectivity index (χ1) is 11.3. The van der Waals surface area contributed by atoms with Crippen LogP contribution in [-0.4, -0.2) is 24.9 Å². The summed E-state index contributed by atoms with van der Waals surface area (Å²) in [6.07, 6.45) is 5.02. The summed E-state index contributed by atoms with van der Waals surface area (Å²) in [7, 11) is -5.04.